The number of nitrogens with zero attached hydrogens (tertiary/aromatic N) is 2. The molecular weight excluding hydrogens is 433 g/mol. The van der Waals surface area contributed by atoms with Crippen LogP contribution < -0.4 is 4.72 Å². The molecule has 3 rings (SSSR count). The van der Waals surface area contributed by atoms with Crippen molar-refractivity contribution in [3.8, 4) is 11.4 Å². The van der Waals surface area contributed by atoms with Crippen molar-refractivity contribution in [2.45, 2.75) is 4.90 Å². The van der Waals surface area contributed by atoms with Crippen LogP contribution in [-0.2, 0) is 17.1 Å². The van der Waals surface area contributed by atoms with E-state index in [1.807, 2.05) is 4.72 Å². The van der Waals surface area contributed by atoms with Crippen LogP contribution in [0.1, 0.15) is 10.5 Å². The number of imidazole rings is 1. The molecule has 0 aliphatic rings. The molecular formula is C17H12Cl3N3O3S. The highest BCUT2D eigenvalue weighted by Gasteiger charge is 2.24. The van der Waals surface area contributed by atoms with Crippen LogP contribution in [-0.4, -0.2) is 23.9 Å². The molecule has 0 bridgehead atoms. The molecule has 0 saturated carbocycles. The number of hydrogen-bond acceptors (Lipinski definition) is 4. The Balaban J connectivity index is 1.92. The Kier molecular flexibility index (Phi) is 5.48. The maximum atomic E-state index is 12.5. The Morgan fingerprint density at radius 2 is 1.78 bits per heavy atom. The molecule has 0 fully saturated rings. The van der Waals surface area contributed by atoms with E-state index in [9.17, 15) is 13.2 Å². The van der Waals surface area contributed by atoms with Crippen LogP contribution in [0.4, 0.5) is 0 Å². The lowest BCUT2D eigenvalue weighted by molar-refractivity contribution is 0.0977. The molecule has 1 aromatic heterocycles. The van der Waals surface area contributed by atoms with Crippen LogP contribution >= 0.6 is 34.8 Å². The lowest BCUT2D eigenvalue weighted by Gasteiger charge is -2.07. The van der Waals surface area contributed by atoms with E-state index in [2.05, 4.69) is 4.98 Å². The number of rotatable bonds is 4. The Hall–Kier alpha value is -2.06. The summed E-state index contributed by atoms with van der Waals surface area (Å²) in [6.07, 6.45) is 1.41. The predicted molar refractivity (Wildman–Crippen MR) is 105 cm³/mol. The van der Waals surface area contributed by atoms with Gasteiger partial charge < -0.3 is 4.57 Å². The second kappa shape index (κ2) is 7.52. The molecule has 140 valence electrons. The Morgan fingerprint density at radius 3 is 2.48 bits per heavy atom. The number of amides is 1. The summed E-state index contributed by atoms with van der Waals surface area (Å²) in [5.41, 5.74) is 0.524. The largest absolute Gasteiger partial charge is 0.333 e. The van der Waals surface area contributed by atoms with Crippen LogP contribution in [0.3, 0.4) is 0 Å². The van der Waals surface area contributed by atoms with Crippen molar-refractivity contribution < 1.29 is 13.2 Å². The summed E-state index contributed by atoms with van der Waals surface area (Å²) in [4.78, 5) is 16.3. The van der Waals surface area contributed by atoms with Gasteiger partial charge in [-0.15, -0.1) is 0 Å². The highest BCUT2D eigenvalue weighted by atomic mass is 35.5. The van der Waals surface area contributed by atoms with Crippen molar-refractivity contribution in [1.29, 1.82) is 0 Å². The highest BCUT2D eigenvalue weighted by Crippen LogP contribution is 2.27. The van der Waals surface area contributed by atoms with Gasteiger partial charge in [-0.05, 0) is 30.3 Å². The number of aromatic nitrogens is 2. The van der Waals surface area contributed by atoms with Crippen molar-refractivity contribution in [2.75, 3.05) is 0 Å². The van der Waals surface area contributed by atoms with E-state index in [0.29, 0.717) is 16.4 Å². The minimum Gasteiger partial charge on any atom is -0.333 e. The van der Waals surface area contributed by atoms with Crippen LogP contribution in [0.2, 0.25) is 15.1 Å². The second-order valence-electron chi connectivity index (χ2n) is 5.55. The molecule has 0 spiro atoms. The quantitative estimate of drug-likeness (QED) is 0.655. The van der Waals surface area contributed by atoms with E-state index in [0.717, 1.165) is 6.07 Å². The lowest BCUT2D eigenvalue weighted by atomic mass is 10.2. The van der Waals surface area contributed by atoms with Gasteiger partial charge in [-0.3, -0.25) is 4.79 Å². The van der Waals surface area contributed by atoms with Gasteiger partial charge in [0, 0.05) is 23.8 Å². The zero-order chi connectivity index (χ0) is 19.8. The van der Waals surface area contributed by atoms with Crippen LogP contribution in [0.5, 0.6) is 0 Å². The fraction of sp³-hybridized carbons (Fsp3) is 0.0588. The van der Waals surface area contributed by atoms with Gasteiger partial charge in [-0.2, -0.15) is 0 Å². The summed E-state index contributed by atoms with van der Waals surface area (Å²) >= 11 is 17.9. The number of benzene rings is 2. The number of nitrogens with one attached hydrogen (secondary N) is 1. The zero-order valence-corrected chi connectivity index (χ0v) is 16.9. The fourth-order valence-electron chi connectivity index (χ4n) is 2.38. The molecule has 3 aromatic rings. The molecule has 1 amide bonds. The summed E-state index contributed by atoms with van der Waals surface area (Å²) in [6.45, 7) is 0. The van der Waals surface area contributed by atoms with Gasteiger partial charge in [-0.1, -0.05) is 46.9 Å². The molecule has 0 unspecified atom stereocenters. The first-order valence-corrected chi connectivity index (χ1v) is 10.1. The van der Waals surface area contributed by atoms with E-state index in [-0.39, 0.29) is 20.6 Å². The lowest BCUT2D eigenvalue weighted by Crippen LogP contribution is -2.31. The maximum Gasteiger partial charge on any atom is 0.285 e. The van der Waals surface area contributed by atoms with Crippen molar-refractivity contribution in [3.05, 3.63) is 69.4 Å². The van der Waals surface area contributed by atoms with Crippen molar-refractivity contribution in [3.63, 3.8) is 0 Å². The highest BCUT2D eigenvalue weighted by molar-refractivity contribution is 7.90. The molecule has 0 aliphatic heterocycles. The number of aryl methyl sites for hydroxylation is 1. The summed E-state index contributed by atoms with van der Waals surface area (Å²) < 4.78 is 28.5. The van der Waals surface area contributed by atoms with E-state index in [1.54, 1.807) is 35.9 Å². The first-order valence-electron chi connectivity index (χ1n) is 7.49. The van der Waals surface area contributed by atoms with E-state index in [4.69, 9.17) is 34.8 Å². The molecule has 0 saturated heterocycles. The van der Waals surface area contributed by atoms with Crippen molar-refractivity contribution >= 4 is 50.7 Å². The van der Waals surface area contributed by atoms with Crippen LogP contribution in [0, 0.1) is 0 Å². The molecule has 0 radical (unpaired) electrons. The Labute approximate surface area is 170 Å². The van der Waals surface area contributed by atoms with Gasteiger partial charge in [0.25, 0.3) is 15.9 Å². The number of carbonyl (C=O) groups excluding carboxylic acids is 1. The smallest absolute Gasteiger partial charge is 0.285 e. The summed E-state index contributed by atoms with van der Waals surface area (Å²) in [7, 11) is -2.56. The third kappa shape index (κ3) is 4.11. The van der Waals surface area contributed by atoms with Crippen LogP contribution in [0.15, 0.2) is 53.6 Å². The third-order valence-corrected chi connectivity index (χ3v) is 6.01. The molecule has 27 heavy (non-hydrogen) atoms. The zero-order valence-electron chi connectivity index (χ0n) is 13.8. The maximum absolute atomic E-state index is 12.5. The molecule has 6 nitrogen and oxygen atoms in total. The first-order chi connectivity index (χ1) is 12.7. The standard InChI is InChI=1S/C17H12Cl3N3O3S/c1-23-9-14(21-16(23)11-4-2-3-5-12(11)19)17(24)22-27(25,26)15-8-10(18)6-7-13(15)20/h2-9H,1H3,(H,22,24). The molecule has 0 atom stereocenters. The SMILES string of the molecule is Cn1cc(C(=O)NS(=O)(=O)c2cc(Cl)ccc2Cl)nc1-c1ccccc1Cl. The molecule has 0 aliphatic carbocycles. The Bertz CT molecular complexity index is 1140. The second-order valence-corrected chi connectivity index (χ2v) is 8.45. The van der Waals surface area contributed by atoms with E-state index in [1.165, 1.54) is 18.3 Å². The predicted octanol–water partition coefficient (Wildman–Crippen LogP) is 4.17. The monoisotopic (exact) mass is 443 g/mol. The van der Waals surface area contributed by atoms with Gasteiger partial charge in [0.15, 0.2) is 0 Å². The van der Waals surface area contributed by atoms with Gasteiger partial charge in [-0.25, -0.2) is 18.1 Å². The number of sulfonamides is 1. The number of carbonyl (C=O) groups is 1. The molecule has 2 aromatic carbocycles. The van der Waals surface area contributed by atoms with Gasteiger partial charge >= 0.3 is 0 Å². The fourth-order valence-corrected chi connectivity index (χ4v) is 4.33. The average Bonchev–Trinajstić information content (AvgIpc) is 2.99. The normalized spacial score (nSPS) is 11.4. The van der Waals surface area contributed by atoms with Gasteiger partial charge in [0.2, 0.25) is 0 Å². The minimum atomic E-state index is -4.23. The van der Waals surface area contributed by atoms with E-state index >= 15 is 0 Å². The number of hydrogen-bond donors (Lipinski definition) is 1. The summed E-state index contributed by atoms with van der Waals surface area (Å²) in [6, 6.07) is 10.9. The molecule has 1 heterocycles. The Morgan fingerprint density at radius 1 is 1.07 bits per heavy atom. The van der Waals surface area contributed by atoms with E-state index < -0.39 is 15.9 Å². The molecule has 1 N–H and O–H groups in total. The third-order valence-electron chi connectivity index (χ3n) is 3.63. The summed E-state index contributed by atoms with van der Waals surface area (Å²) in [5, 5.41) is 0.569. The topological polar surface area (TPSA) is 81.1 Å². The van der Waals surface area contributed by atoms with Crippen molar-refractivity contribution in [1.82, 2.24) is 14.3 Å². The number of halogens is 3. The van der Waals surface area contributed by atoms with Crippen molar-refractivity contribution in [2.24, 2.45) is 7.05 Å². The minimum absolute atomic E-state index is 0.0579. The molecule has 10 heteroatoms. The average molecular weight is 445 g/mol. The van der Waals surface area contributed by atoms with Crippen LogP contribution in [0.25, 0.3) is 11.4 Å². The van der Waals surface area contributed by atoms with Gasteiger partial charge in [0.05, 0.1) is 10.0 Å². The summed E-state index contributed by atoms with van der Waals surface area (Å²) in [5.74, 6) is -0.483. The first kappa shape index (κ1) is 19.7. The van der Waals surface area contributed by atoms with Gasteiger partial charge in [0.1, 0.15) is 16.4 Å².